The Hall–Kier alpha value is -3.26. The Kier molecular flexibility index (Phi) is 12.7. The molecule has 0 aliphatic carbocycles. The fraction of sp³-hybridized carbons (Fsp3) is 0.714. The van der Waals surface area contributed by atoms with Crippen LogP contribution in [0.2, 0.25) is 0 Å². The number of likely N-dealkylation sites (tertiary alicyclic amines) is 1. The van der Waals surface area contributed by atoms with Crippen molar-refractivity contribution >= 4 is 35.6 Å². The molecule has 0 aromatic carbocycles. The van der Waals surface area contributed by atoms with E-state index in [1.165, 1.54) is 4.90 Å². The smallest absolute Gasteiger partial charge is 0.326 e. The Balaban J connectivity index is 2.90. The van der Waals surface area contributed by atoms with Gasteiger partial charge in [0.25, 0.3) is 0 Å². The molecule has 4 atom stereocenters. The lowest BCUT2D eigenvalue weighted by Crippen LogP contribution is -2.56. The predicted molar refractivity (Wildman–Crippen MR) is 121 cm³/mol. The number of nitrogens with one attached hydrogen (secondary N) is 2. The van der Waals surface area contributed by atoms with Crippen molar-refractivity contribution in [1.29, 1.82) is 0 Å². The Morgan fingerprint density at radius 2 is 1.51 bits per heavy atom. The van der Waals surface area contributed by atoms with E-state index in [2.05, 4.69) is 10.6 Å². The van der Waals surface area contributed by atoms with Crippen molar-refractivity contribution in [3.05, 3.63) is 0 Å². The number of carbonyl (C=O) groups excluding carboxylic acids is 3. The topological polar surface area (TPSA) is 242 Å². The van der Waals surface area contributed by atoms with Gasteiger partial charge in [0, 0.05) is 19.4 Å². The van der Waals surface area contributed by atoms with Gasteiger partial charge in [0.15, 0.2) is 0 Å². The largest absolute Gasteiger partial charge is 0.481 e. The minimum atomic E-state index is -1.34. The normalized spacial score (nSPS) is 17.8. The third-order valence-corrected chi connectivity index (χ3v) is 5.67. The zero-order valence-corrected chi connectivity index (χ0v) is 19.5. The van der Waals surface area contributed by atoms with Crippen molar-refractivity contribution < 1.29 is 44.1 Å². The van der Waals surface area contributed by atoms with Gasteiger partial charge in [-0.1, -0.05) is 0 Å². The third kappa shape index (κ3) is 10.3. The fourth-order valence-corrected chi connectivity index (χ4v) is 3.75. The summed E-state index contributed by atoms with van der Waals surface area (Å²) < 4.78 is 0. The number of hydrogen-bond acceptors (Lipinski definition) is 8. The molecule has 0 spiro atoms. The molecule has 9 N–H and O–H groups in total. The van der Waals surface area contributed by atoms with Crippen molar-refractivity contribution in [2.24, 2.45) is 11.5 Å². The van der Waals surface area contributed by atoms with Gasteiger partial charge in [-0.2, -0.15) is 0 Å². The molecule has 3 amide bonds. The molecule has 14 nitrogen and oxygen atoms in total. The molecule has 0 radical (unpaired) electrons. The number of carboxylic acid groups (broad SMARTS) is 3. The Morgan fingerprint density at radius 1 is 0.886 bits per heavy atom. The van der Waals surface area contributed by atoms with E-state index in [9.17, 15) is 33.9 Å². The highest BCUT2D eigenvalue weighted by atomic mass is 16.4. The summed E-state index contributed by atoms with van der Waals surface area (Å²) in [6.07, 6.45) is 0.681. The summed E-state index contributed by atoms with van der Waals surface area (Å²) in [5.41, 5.74) is 11.2. The number of rotatable bonds is 16. The zero-order valence-electron chi connectivity index (χ0n) is 19.5. The summed E-state index contributed by atoms with van der Waals surface area (Å²) in [5.74, 6) is -5.76. The number of nitrogens with two attached hydrogens (primary N) is 2. The lowest BCUT2D eigenvalue weighted by molar-refractivity contribution is -0.144. The number of carbonyl (C=O) groups is 6. The summed E-state index contributed by atoms with van der Waals surface area (Å²) in [6, 6.07) is -4.67. The number of aliphatic carboxylic acids is 3. The van der Waals surface area contributed by atoms with E-state index in [0.29, 0.717) is 25.8 Å². The van der Waals surface area contributed by atoms with Crippen molar-refractivity contribution in [3.8, 4) is 0 Å². The van der Waals surface area contributed by atoms with Gasteiger partial charge in [0.2, 0.25) is 17.7 Å². The minimum Gasteiger partial charge on any atom is -0.481 e. The van der Waals surface area contributed by atoms with E-state index >= 15 is 0 Å². The molecule has 4 unspecified atom stereocenters. The summed E-state index contributed by atoms with van der Waals surface area (Å²) in [5, 5.41) is 31.9. The standard InChI is InChI=1S/C21H35N5O9/c22-10-2-1-4-14(21(34)35)25-18(31)13(7-9-17(29)30)24-19(32)15-5-3-11-26(15)20(33)12(23)6-8-16(27)28/h12-15H,1-11,22-23H2,(H,24,32)(H,25,31)(H,27,28)(H,29,30)(H,34,35). The Morgan fingerprint density at radius 3 is 2.09 bits per heavy atom. The molecule has 1 fully saturated rings. The van der Waals surface area contributed by atoms with Crippen LogP contribution in [0.25, 0.3) is 0 Å². The van der Waals surface area contributed by atoms with Crippen LogP contribution >= 0.6 is 0 Å². The fourth-order valence-electron chi connectivity index (χ4n) is 3.75. The number of unbranched alkanes of at least 4 members (excludes halogenated alkanes) is 1. The molecule has 1 aliphatic heterocycles. The first-order chi connectivity index (χ1) is 16.5. The van der Waals surface area contributed by atoms with E-state index in [-0.39, 0.29) is 38.6 Å². The van der Waals surface area contributed by atoms with E-state index in [0.717, 1.165) is 0 Å². The number of carboxylic acids is 3. The van der Waals surface area contributed by atoms with Crippen LogP contribution in [0.5, 0.6) is 0 Å². The molecular formula is C21H35N5O9. The van der Waals surface area contributed by atoms with Gasteiger partial charge in [-0.25, -0.2) is 4.79 Å². The number of hydrogen-bond donors (Lipinski definition) is 7. The molecule has 1 saturated heterocycles. The summed E-state index contributed by atoms with van der Waals surface area (Å²) in [6.45, 7) is 0.570. The molecule has 35 heavy (non-hydrogen) atoms. The van der Waals surface area contributed by atoms with Gasteiger partial charge in [0.05, 0.1) is 6.04 Å². The van der Waals surface area contributed by atoms with Gasteiger partial charge in [-0.05, 0) is 51.5 Å². The van der Waals surface area contributed by atoms with Crippen LogP contribution in [0.15, 0.2) is 0 Å². The summed E-state index contributed by atoms with van der Waals surface area (Å²) in [4.78, 5) is 72.9. The van der Waals surface area contributed by atoms with Crippen LogP contribution in [0.4, 0.5) is 0 Å². The van der Waals surface area contributed by atoms with Gasteiger partial charge >= 0.3 is 17.9 Å². The third-order valence-electron chi connectivity index (χ3n) is 5.67. The van der Waals surface area contributed by atoms with E-state index in [1.54, 1.807) is 0 Å². The Bertz CT molecular complexity index is 791. The van der Waals surface area contributed by atoms with Gasteiger partial charge in [-0.15, -0.1) is 0 Å². The Labute approximate surface area is 202 Å². The van der Waals surface area contributed by atoms with Crippen molar-refractivity contribution in [3.63, 3.8) is 0 Å². The molecule has 1 aliphatic rings. The van der Waals surface area contributed by atoms with E-state index in [4.69, 9.17) is 21.7 Å². The molecule has 0 bridgehead atoms. The lowest BCUT2D eigenvalue weighted by atomic mass is 10.1. The number of amides is 3. The second kappa shape index (κ2) is 14.9. The second-order valence-electron chi connectivity index (χ2n) is 8.41. The molecule has 0 aromatic heterocycles. The average Bonchev–Trinajstić information content (AvgIpc) is 3.28. The molecule has 198 valence electrons. The van der Waals surface area contributed by atoms with Crippen LogP contribution in [0, 0.1) is 0 Å². The predicted octanol–water partition coefficient (Wildman–Crippen LogP) is -1.78. The van der Waals surface area contributed by atoms with Crippen molar-refractivity contribution in [1.82, 2.24) is 15.5 Å². The van der Waals surface area contributed by atoms with Crippen molar-refractivity contribution in [2.45, 2.75) is 82.0 Å². The average molecular weight is 502 g/mol. The van der Waals surface area contributed by atoms with Crippen LogP contribution in [-0.4, -0.2) is 93.1 Å². The first kappa shape index (κ1) is 29.8. The molecule has 1 rings (SSSR count). The minimum absolute atomic E-state index is 0.108. The second-order valence-corrected chi connectivity index (χ2v) is 8.41. The molecule has 0 saturated carbocycles. The van der Waals surface area contributed by atoms with Crippen LogP contribution in [0.1, 0.15) is 57.8 Å². The molecule has 1 heterocycles. The van der Waals surface area contributed by atoms with Gasteiger partial charge in [0.1, 0.15) is 18.1 Å². The first-order valence-corrected chi connectivity index (χ1v) is 11.5. The maximum absolute atomic E-state index is 12.9. The van der Waals surface area contributed by atoms with E-state index in [1.807, 2.05) is 0 Å². The van der Waals surface area contributed by atoms with Gasteiger partial charge in [-0.3, -0.25) is 24.0 Å². The highest BCUT2D eigenvalue weighted by molar-refractivity contribution is 5.94. The van der Waals surface area contributed by atoms with Crippen molar-refractivity contribution in [2.75, 3.05) is 13.1 Å². The first-order valence-electron chi connectivity index (χ1n) is 11.5. The maximum atomic E-state index is 12.9. The SMILES string of the molecule is NCCCCC(NC(=O)C(CCC(=O)O)NC(=O)C1CCCN1C(=O)C(N)CCC(=O)O)C(=O)O. The number of nitrogens with zero attached hydrogens (tertiary/aromatic N) is 1. The maximum Gasteiger partial charge on any atom is 0.326 e. The highest BCUT2D eigenvalue weighted by Crippen LogP contribution is 2.19. The van der Waals surface area contributed by atoms with Crippen LogP contribution in [0.3, 0.4) is 0 Å². The van der Waals surface area contributed by atoms with Crippen LogP contribution < -0.4 is 22.1 Å². The van der Waals surface area contributed by atoms with Gasteiger partial charge < -0.3 is 42.3 Å². The lowest BCUT2D eigenvalue weighted by Gasteiger charge is -2.28. The molecule has 14 heteroatoms. The van der Waals surface area contributed by atoms with Crippen LogP contribution in [-0.2, 0) is 28.8 Å². The highest BCUT2D eigenvalue weighted by Gasteiger charge is 2.38. The monoisotopic (exact) mass is 501 g/mol. The zero-order chi connectivity index (χ0) is 26.5. The molecular weight excluding hydrogens is 466 g/mol. The summed E-state index contributed by atoms with van der Waals surface area (Å²) >= 11 is 0. The van der Waals surface area contributed by atoms with E-state index < -0.39 is 66.2 Å². The molecule has 0 aromatic rings. The summed E-state index contributed by atoms with van der Waals surface area (Å²) in [7, 11) is 0. The quantitative estimate of drug-likeness (QED) is 0.116.